The van der Waals surface area contributed by atoms with Crippen molar-refractivity contribution in [2.24, 2.45) is 0 Å². The minimum absolute atomic E-state index is 0.657. The number of allylic oxidation sites excluding steroid dienone is 2. The van der Waals surface area contributed by atoms with Gasteiger partial charge in [0.2, 0.25) is 0 Å². The van der Waals surface area contributed by atoms with Crippen LogP contribution in [-0.4, -0.2) is 0 Å². The maximum Gasteiger partial charge on any atom is -0.00991 e. The van der Waals surface area contributed by atoms with Gasteiger partial charge in [0.15, 0.2) is 0 Å². The van der Waals surface area contributed by atoms with Crippen LogP contribution in [0.15, 0.2) is 127 Å². The van der Waals surface area contributed by atoms with Crippen LogP contribution in [0, 0.1) is 6.92 Å². The van der Waals surface area contributed by atoms with Crippen LogP contribution in [0.1, 0.15) is 93.0 Å². The number of hydrogen-bond donors (Lipinski definition) is 0. The molecule has 0 aromatic heterocycles. The first-order chi connectivity index (χ1) is 22.0. The van der Waals surface area contributed by atoms with Gasteiger partial charge in [0.25, 0.3) is 0 Å². The van der Waals surface area contributed by atoms with Crippen LogP contribution in [0.2, 0.25) is 0 Å². The van der Waals surface area contributed by atoms with Crippen LogP contribution in [0.3, 0.4) is 0 Å². The third kappa shape index (κ3) is 6.25. The Kier molecular flexibility index (Phi) is 9.31. The molecule has 0 aliphatic heterocycles. The molecule has 1 saturated carbocycles. The minimum atomic E-state index is 0.657. The molecule has 226 valence electrons. The Labute approximate surface area is 270 Å². The first-order valence-electron chi connectivity index (χ1n) is 16.8. The van der Waals surface area contributed by atoms with E-state index in [4.69, 9.17) is 0 Å². The van der Waals surface area contributed by atoms with Gasteiger partial charge < -0.3 is 0 Å². The van der Waals surface area contributed by atoms with Crippen LogP contribution in [0.4, 0.5) is 0 Å². The first kappa shape index (κ1) is 30.6. The van der Waals surface area contributed by atoms with Crippen LogP contribution in [0.5, 0.6) is 0 Å². The maximum absolute atomic E-state index is 2.34. The van der Waals surface area contributed by atoms with E-state index in [0.717, 1.165) is 0 Å². The van der Waals surface area contributed by atoms with Crippen molar-refractivity contribution in [3.63, 3.8) is 0 Å². The number of rotatable bonds is 6. The highest BCUT2D eigenvalue weighted by Gasteiger charge is 2.27. The zero-order valence-corrected chi connectivity index (χ0v) is 27.6. The molecule has 6 aromatic rings. The monoisotopic (exact) mass is 586 g/mol. The summed E-state index contributed by atoms with van der Waals surface area (Å²) < 4.78 is 0. The van der Waals surface area contributed by atoms with Crippen molar-refractivity contribution < 1.29 is 0 Å². The van der Waals surface area contributed by atoms with E-state index in [-0.39, 0.29) is 0 Å². The van der Waals surface area contributed by atoms with Gasteiger partial charge in [0, 0.05) is 0 Å². The third-order valence-electron chi connectivity index (χ3n) is 10.2. The average molecular weight is 587 g/mol. The third-order valence-corrected chi connectivity index (χ3v) is 10.2. The highest BCUT2D eigenvalue weighted by molar-refractivity contribution is 6.15. The molecule has 0 nitrogen and oxygen atoms in total. The van der Waals surface area contributed by atoms with Crippen LogP contribution >= 0.6 is 0 Å². The predicted molar refractivity (Wildman–Crippen MR) is 198 cm³/mol. The van der Waals surface area contributed by atoms with E-state index in [1.165, 1.54) is 91.8 Å². The molecule has 1 atom stereocenters. The predicted octanol–water partition coefficient (Wildman–Crippen LogP) is 13.4. The number of hydrogen-bond acceptors (Lipinski definition) is 0. The Hall–Kier alpha value is -4.42. The number of fused-ring (bicyclic) bond motifs is 3. The molecule has 0 heteroatoms. The molecule has 1 unspecified atom stereocenters. The molecule has 0 saturated heterocycles. The zero-order chi connectivity index (χ0) is 31.3. The van der Waals surface area contributed by atoms with Gasteiger partial charge in [-0.15, -0.1) is 0 Å². The Balaban J connectivity index is 0.000000189. The molecule has 6 aromatic carbocycles. The normalized spacial score (nSPS) is 14.3. The molecule has 7 rings (SSSR count). The van der Waals surface area contributed by atoms with Gasteiger partial charge in [0.1, 0.15) is 0 Å². The molecule has 0 N–H and O–H groups in total. The molecule has 1 aliphatic carbocycles. The SMILES string of the molecule is C/C(=C(/C)c1c(C2CCC2)c2ccccc2c2ccccc12)c1ccccc1C.CCC(C)c1ccc(-c2ccccc2)cc1. The van der Waals surface area contributed by atoms with Gasteiger partial charge in [-0.2, -0.15) is 0 Å². The molecule has 0 radical (unpaired) electrons. The summed E-state index contributed by atoms with van der Waals surface area (Å²) in [7, 11) is 0. The summed E-state index contributed by atoms with van der Waals surface area (Å²) in [6.07, 6.45) is 5.17. The molecule has 45 heavy (non-hydrogen) atoms. The second kappa shape index (κ2) is 13.7. The molecule has 1 fully saturated rings. The van der Waals surface area contributed by atoms with Gasteiger partial charge in [-0.1, -0.05) is 148 Å². The molecule has 1 aliphatic rings. The van der Waals surface area contributed by atoms with E-state index in [1.807, 2.05) is 0 Å². The van der Waals surface area contributed by atoms with Crippen LogP contribution in [0.25, 0.3) is 43.8 Å². The van der Waals surface area contributed by atoms with Gasteiger partial charge >= 0.3 is 0 Å². The molecule has 0 bridgehead atoms. The smallest absolute Gasteiger partial charge is 0.00991 e. The number of aryl methyl sites for hydroxylation is 1. The Morgan fingerprint density at radius 3 is 1.73 bits per heavy atom. The summed E-state index contributed by atoms with van der Waals surface area (Å²) in [5.41, 5.74) is 12.6. The minimum Gasteiger partial charge on any atom is -0.0648 e. The summed E-state index contributed by atoms with van der Waals surface area (Å²) >= 11 is 0. The van der Waals surface area contributed by atoms with Crippen molar-refractivity contribution in [3.8, 4) is 11.1 Å². The van der Waals surface area contributed by atoms with E-state index in [9.17, 15) is 0 Å². The standard InChI is InChI=1S/C29H28.C16H18/c1-19-11-4-5-14-23(19)20(2)21(3)28-26-17-8-6-15-24(26)25-16-7-9-18-27(25)29(28)22-12-10-13-22;1-3-13(2)14-9-11-16(12-10-14)15-7-5-4-6-8-15/h4-9,11,14-18,22H,10,12-13H2,1-3H3;4-13H,3H2,1-2H3/b21-20+;. The van der Waals surface area contributed by atoms with Gasteiger partial charge in [-0.25, -0.2) is 0 Å². The molecule has 0 amide bonds. The topological polar surface area (TPSA) is 0 Å². The van der Waals surface area contributed by atoms with E-state index in [2.05, 4.69) is 162 Å². The summed E-state index contributed by atoms with van der Waals surface area (Å²) in [5.74, 6) is 1.34. The molecule has 0 spiro atoms. The Morgan fingerprint density at radius 1 is 0.600 bits per heavy atom. The van der Waals surface area contributed by atoms with Crippen molar-refractivity contribution in [1.82, 2.24) is 0 Å². The van der Waals surface area contributed by atoms with Crippen LogP contribution in [-0.2, 0) is 0 Å². The first-order valence-corrected chi connectivity index (χ1v) is 16.8. The lowest BCUT2D eigenvalue weighted by Gasteiger charge is -2.31. The van der Waals surface area contributed by atoms with Crippen molar-refractivity contribution >= 4 is 32.7 Å². The molecule has 0 heterocycles. The van der Waals surface area contributed by atoms with Crippen molar-refractivity contribution in [2.75, 3.05) is 0 Å². The highest BCUT2D eigenvalue weighted by atomic mass is 14.3. The summed E-state index contributed by atoms with van der Waals surface area (Å²) in [4.78, 5) is 0. The van der Waals surface area contributed by atoms with Crippen molar-refractivity contribution in [3.05, 3.63) is 155 Å². The highest BCUT2D eigenvalue weighted by Crippen LogP contribution is 2.47. The van der Waals surface area contributed by atoms with E-state index >= 15 is 0 Å². The fraction of sp³-hybridized carbons (Fsp3) is 0.244. The van der Waals surface area contributed by atoms with Gasteiger partial charge in [-0.05, 0) is 124 Å². The lowest BCUT2D eigenvalue weighted by Crippen LogP contribution is -2.12. The maximum atomic E-state index is 2.34. The fourth-order valence-electron chi connectivity index (χ4n) is 6.95. The Morgan fingerprint density at radius 2 is 1.13 bits per heavy atom. The lowest BCUT2D eigenvalue weighted by atomic mass is 9.73. The molecular formula is C45H46. The number of benzene rings is 6. The largest absolute Gasteiger partial charge is 0.0648 e. The van der Waals surface area contributed by atoms with Crippen molar-refractivity contribution in [1.29, 1.82) is 0 Å². The quantitative estimate of drug-likeness (QED) is 0.134. The average Bonchev–Trinajstić information content (AvgIpc) is 3.07. The summed E-state index contributed by atoms with van der Waals surface area (Å²) in [5, 5.41) is 5.62. The lowest BCUT2D eigenvalue weighted by molar-refractivity contribution is 0.422. The zero-order valence-electron chi connectivity index (χ0n) is 27.6. The van der Waals surface area contributed by atoms with E-state index in [1.54, 1.807) is 5.56 Å². The van der Waals surface area contributed by atoms with E-state index < -0.39 is 0 Å². The van der Waals surface area contributed by atoms with Crippen molar-refractivity contribution in [2.45, 2.75) is 72.1 Å². The summed E-state index contributed by atoms with van der Waals surface area (Å²) in [6, 6.07) is 46.2. The van der Waals surface area contributed by atoms with Gasteiger partial charge in [-0.3, -0.25) is 0 Å². The second-order valence-electron chi connectivity index (χ2n) is 12.9. The Bertz CT molecular complexity index is 1930. The molecular weight excluding hydrogens is 540 g/mol. The van der Waals surface area contributed by atoms with Gasteiger partial charge in [0.05, 0.1) is 0 Å². The van der Waals surface area contributed by atoms with Crippen LogP contribution < -0.4 is 0 Å². The van der Waals surface area contributed by atoms with E-state index in [0.29, 0.717) is 11.8 Å². The second-order valence-corrected chi connectivity index (χ2v) is 12.9. The summed E-state index contributed by atoms with van der Waals surface area (Å²) in [6.45, 7) is 11.4. The fourth-order valence-corrected chi connectivity index (χ4v) is 6.95.